The summed E-state index contributed by atoms with van der Waals surface area (Å²) in [5.41, 5.74) is 3.57. The summed E-state index contributed by atoms with van der Waals surface area (Å²) in [7, 11) is 0. The molecular formula is C31H28O2. The zero-order valence-corrected chi connectivity index (χ0v) is 19.0. The number of benzene rings is 5. The van der Waals surface area contributed by atoms with Gasteiger partial charge in [-0.05, 0) is 45.7 Å². The van der Waals surface area contributed by atoms with Gasteiger partial charge in [0.1, 0.15) is 18.1 Å². The molecule has 0 saturated carbocycles. The maximum absolute atomic E-state index is 6.40. The Hall–Kier alpha value is -3.78. The first-order valence-corrected chi connectivity index (χ1v) is 11.6. The summed E-state index contributed by atoms with van der Waals surface area (Å²) in [4.78, 5) is 0. The maximum atomic E-state index is 6.40. The van der Waals surface area contributed by atoms with Crippen LogP contribution in [0, 0.1) is 0 Å². The molecule has 0 atom stereocenters. The van der Waals surface area contributed by atoms with Crippen molar-refractivity contribution in [1.29, 1.82) is 0 Å². The molecule has 5 aromatic carbocycles. The van der Waals surface area contributed by atoms with Crippen LogP contribution in [-0.2, 0) is 13.0 Å². The van der Waals surface area contributed by atoms with Crippen LogP contribution in [0.1, 0.15) is 30.0 Å². The van der Waals surface area contributed by atoms with E-state index in [4.69, 9.17) is 9.47 Å². The second kappa shape index (κ2) is 9.79. The molecule has 2 nitrogen and oxygen atoms in total. The number of rotatable bonds is 8. The topological polar surface area (TPSA) is 18.5 Å². The van der Waals surface area contributed by atoms with Crippen molar-refractivity contribution in [3.63, 3.8) is 0 Å². The van der Waals surface area contributed by atoms with Crippen LogP contribution in [0.15, 0.2) is 103 Å². The lowest BCUT2D eigenvalue weighted by Gasteiger charge is -2.18. The summed E-state index contributed by atoms with van der Waals surface area (Å²) in [5.74, 6) is 1.88. The number of fused-ring (bicyclic) bond motifs is 2. The van der Waals surface area contributed by atoms with Crippen LogP contribution in [0.3, 0.4) is 0 Å². The Morgan fingerprint density at radius 2 is 1.09 bits per heavy atom. The van der Waals surface area contributed by atoms with E-state index in [1.54, 1.807) is 0 Å². The van der Waals surface area contributed by atoms with Crippen LogP contribution in [0.4, 0.5) is 0 Å². The third-order valence-electron chi connectivity index (χ3n) is 6.05. The molecule has 0 fully saturated rings. The highest BCUT2D eigenvalue weighted by molar-refractivity contribution is 5.91. The standard InChI is InChI=1S/C31H28O2/c1-2-20-32-30-18-16-24-12-6-8-14-26(24)28(30)21-29-27-15-9-7-13-25(27)17-19-31(29)33-22-23-10-4-3-5-11-23/h3-19H,2,20-22H2,1H3. The molecule has 0 aliphatic carbocycles. The second-order valence-corrected chi connectivity index (χ2v) is 8.33. The molecular weight excluding hydrogens is 404 g/mol. The molecule has 2 heteroatoms. The van der Waals surface area contributed by atoms with Gasteiger partial charge in [-0.1, -0.05) is 97.9 Å². The van der Waals surface area contributed by atoms with Crippen molar-refractivity contribution in [2.75, 3.05) is 6.61 Å². The molecule has 0 saturated heterocycles. The number of hydrogen-bond donors (Lipinski definition) is 0. The maximum Gasteiger partial charge on any atom is 0.123 e. The van der Waals surface area contributed by atoms with Crippen molar-refractivity contribution in [3.05, 3.63) is 120 Å². The summed E-state index contributed by atoms with van der Waals surface area (Å²) in [6.45, 7) is 3.39. The monoisotopic (exact) mass is 432 g/mol. The van der Waals surface area contributed by atoms with Gasteiger partial charge in [0.05, 0.1) is 6.61 Å². The molecule has 0 unspecified atom stereocenters. The van der Waals surface area contributed by atoms with E-state index < -0.39 is 0 Å². The lowest BCUT2D eigenvalue weighted by molar-refractivity contribution is 0.303. The minimum Gasteiger partial charge on any atom is -0.493 e. The molecule has 0 radical (unpaired) electrons. The molecule has 0 aromatic heterocycles. The minimum atomic E-state index is 0.543. The van der Waals surface area contributed by atoms with Gasteiger partial charge in [-0.2, -0.15) is 0 Å². The lowest BCUT2D eigenvalue weighted by Crippen LogP contribution is -2.03. The fraction of sp³-hybridized carbons (Fsp3) is 0.161. The molecule has 0 spiro atoms. The summed E-state index contributed by atoms with van der Waals surface area (Å²) < 4.78 is 12.6. The van der Waals surface area contributed by atoms with Crippen LogP contribution < -0.4 is 9.47 Å². The predicted octanol–water partition coefficient (Wildman–Crippen LogP) is 7.95. The van der Waals surface area contributed by atoms with Crippen molar-refractivity contribution in [2.24, 2.45) is 0 Å². The minimum absolute atomic E-state index is 0.543. The van der Waals surface area contributed by atoms with Gasteiger partial charge in [0.2, 0.25) is 0 Å². The zero-order valence-electron chi connectivity index (χ0n) is 19.0. The van der Waals surface area contributed by atoms with Crippen LogP contribution in [-0.4, -0.2) is 6.61 Å². The third-order valence-corrected chi connectivity index (χ3v) is 6.05. The van der Waals surface area contributed by atoms with Crippen molar-refractivity contribution in [3.8, 4) is 11.5 Å². The Labute approximate surface area is 195 Å². The van der Waals surface area contributed by atoms with Crippen molar-refractivity contribution in [1.82, 2.24) is 0 Å². The quantitative estimate of drug-likeness (QED) is 0.248. The smallest absolute Gasteiger partial charge is 0.123 e. The number of hydrogen-bond acceptors (Lipinski definition) is 2. The molecule has 5 rings (SSSR count). The van der Waals surface area contributed by atoms with E-state index in [-0.39, 0.29) is 0 Å². The zero-order chi connectivity index (χ0) is 22.5. The van der Waals surface area contributed by atoms with Gasteiger partial charge in [-0.3, -0.25) is 0 Å². The first-order valence-electron chi connectivity index (χ1n) is 11.6. The van der Waals surface area contributed by atoms with Crippen LogP contribution >= 0.6 is 0 Å². The average molecular weight is 433 g/mol. The highest BCUT2D eigenvalue weighted by Crippen LogP contribution is 2.36. The SMILES string of the molecule is CCCOc1ccc2ccccc2c1Cc1c(OCc2ccccc2)ccc2ccccc12. The Morgan fingerprint density at radius 3 is 1.70 bits per heavy atom. The molecule has 33 heavy (non-hydrogen) atoms. The van der Waals surface area contributed by atoms with Gasteiger partial charge in [-0.25, -0.2) is 0 Å². The molecule has 0 aliphatic heterocycles. The van der Waals surface area contributed by atoms with E-state index in [1.807, 2.05) is 18.2 Å². The van der Waals surface area contributed by atoms with E-state index >= 15 is 0 Å². The third kappa shape index (κ3) is 4.56. The van der Waals surface area contributed by atoms with Crippen molar-refractivity contribution < 1.29 is 9.47 Å². The molecule has 0 bridgehead atoms. The van der Waals surface area contributed by atoms with Crippen LogP contribution in [0.25, 0.3) is 21.5 Å². The predicted molar refractivity (Wildman–Crippen MR) is 137 cm³/mol. The second-order valence-electron chi connectivity index (χ2n) is 8.33. The molecule has 0 N–H and O–H groups in total. The van der Waals surface area contributed by atoms with Crippen molar-refractivity contribution in [2.45, 2.75) is 26.4 Å². The number of ether oxygens (including phenoxy) is 2. The van der Waals surface area contributed by atoms with Gasteiger partial charge < -0.3 is 9.47 Å². The summed E-state index contributed by atoms with van der Waals surface area (Å²) in [6.07, 6.45) is 1.72. The van der Waals surface area contributed by atoms with E-state index in [2.05, 4.69) is 91.9 Å². The fourth-order valence-corrected chi connectivity index (χ4v) is 4.39. The largest absolute Gasteiger partial charge is 0.493 e. The lowest BCUT2D eigenvalue weighted by atomic mass is 9.93. The summed E-state index contributed by atoms with van der Waals surface area (Å²) in [5, 5.41) is 4.89. The Balaban J connectivity index is 1.61. The van der Waals surface area contributed by atoms with Crippen molar-refractivity contribution >= 4 is 21.5 Å². The van der Waals surface area contributed by atoms with Gasteiger partial charge in [0, 0.05) is 17.5 Å². The van der Waals surface area contributed by atoms with Gasteiger partial charge in [0.25, 0.3) is 0 Å². The first kappa shape index (κ1) is 21.1. The van der Waals surface area contributed by atoms with E-state index in [9.17, 15) is 0 Å². The molecule has 0 amide bonds. The van der Waals surface area contributed by atoms with Crippen LogP contribution in [0.5, 0.6) is 11.5 Å². The average Bonchev–Trinajstić information content (AvgIpc) is 2.88. The molecule has 0 aliphatic rings. The highest BCUT2D eigenvalue weighted by Gasteiger charge is 2.16. The van der Waals surface area contributed by atoms with E-state index in [0.717, 1.165) is 29.9 Å². The highest BCUT2D eigenvalue weighted by atomic mass is 16.5. The van der Waals surface area contributed by atoms with E-state index in [0.29, 0.717) is 13.2 Å². The van der Waals surface area contributed by atoms with E-state index in [1.165, 1.54) is 32.7 Å². The van der Waals surface area contributed by atoms with Gasteiger partial charge >= 0.3 is 0 Å². The summed E-state index contributed by atoms with van der Waals surface area (Å²) >= 11 is 0. The molecule has 164 valence electrons. The van der Waals surface area contributed by atoms with Gasteiger partial charge in [0.15, 0.2) is 0 Å². The van der Waals surface area contributed by atoms with Gasteiger partial charge in [-0.15, -0.1) is 0 Å². The molecule has 5 aromatic rings. The Morgan fingerprint density at radius 1 is 0.545 bits per heavy atom. The molecule has 0 heterocycles. The first-order chi connectivity index (χ1) is 16.3. The van der Waals surface area contributed by atoms with Crippen LogP contribution in [0.2, 0.25) is 0 Å². The fourth-order valence-electron chi connectivity index (χ4n) is 4.39. The Kier molecular flexibility index (Phi) is 6.25. The Bertz CT molecular complexity index is 1370. The summed E-state index contributed by atoms with van der Waals surface area (Å²) in [6, 6.07) is 35.9. The normalized spacial score (nSPS) is 11.1.